The van der Waals surface area contributed by atoms with Gasteiger partial charge in [-0.15, -0.1) is 0 Å². The second kappa shape index (κ2) is 11.7. The van der Waals surface area contributed by atoms with E-state index in [2.05, 4.69) is 15.6 Å². The minimum Gasteiger partial charge on any atom is -0.493 e. The molecule has 0 radical (unpaired) electrons. The SMILES string of the molecule is COc1ccc(C(=O)NNC(=O)C(CCSC)NS(=O)(=O)c2ccc(C)cc2)cc1OC. The molecule has 2 aromatic rings. The van der Waals surface area contributed by atoms with Crippen LogP contribution in [0, 0.1) is 6.92 Å². The van der Waals surface area contributed by atoms with E-state index in [4.69, 9.17) is 9.47 Å². The summed E-state index contributed by atoms with van der Waals surface area (Å²) in [6.07, 6.45) is 2.09. The van der Waals surface area contributed by atoms with Crippen molar-refractivity contribution in [3.05, 3.63) is 53.6 Å². The highest BCUT2D eigenvalue weighted by Crippen LogP contribution is 2.27. The molecule has 32 heavy (non-hydrogen) atoms. The van der Waals surface area contributed by atoms with Crippen molar-refractivity contribution in [3.63, 3.8) is 0 Å². The molecule has 0 aliphatic heterocycles. The normalized spacial score (nSPS) is 12.0. The Hall–Kier alpha value is -2.76. The van der Waals surface area contributed by atoms with E-state index in [0.29, 0.717) is 17.3 Å². The molecule has 0 aliphatic rings. The van der Waals surface area contributed by atoms with Crippen molar-refractivity contribution >= 4 is 33.6 Å². The molecule has 9 nitrogen and oxygen atoms in total. The van der Waals surface area contributed by atoms with E-state index in [-0.39, 0.29) is 16.9 Å². The lowest BCUT2D eigenvalue weighted by atomic mass is 10.2. The number of methoxy groups -OCH3 is 2. The van der Waals surface area contributed by atoms with Crippen LogP contribution in [0.2, 0.25) is 0 Å². The average Bonchev–Trinajstić information content (AvgIpc) is 2.79. The Kier molecular flexibility index (Phi) is 9.36. The summed E-state index contributed by atoms with van der Waals surface area (Å²) in [7, 11) is -1.00. The molecule has 0 bridgehead atoms. The molecule has 2 rings (SSSR count). The summed E-state index contributed by atoms with van der Waals surface area (Å²) in [6.45, 7) is 1.85. The van der Waals surface area contributed by atoms with Crippen LogP contribution in [0.3, 0.4) is 0 Å². The minimum absolute atomic E-state index is 0.0550. The van der Waals surface area contributed by atoms with E-state index in [9.17, 15) is 18.0 Å². The number of sulfonamides is 1. The maximum atomic E-state index is 12.7. The molecule has 174 valence electrons. The number of hydrazine groups is 1. The van der Waals surface area contributed by atoms with E-state index >= 15 is 0 Å². The lowest BCUT2D eigenvalue weighted by molar-refractivity contribution is -0.123. The number of hydrogen-bond donors (Lipinski definition) is 3. The first-order valence-electron chi connectivity index (χ1n) is 9.62. The van der Waals surface area contributed by atoms with Crippen LogP contribution in [0.5, 0.6) is 11.5 Å². The van der Waals surface area contributed by atoms with Gasteiger partial charge in [-0.3, -0.25) is 20.4 Å². The number of amides is 2. The number of thioether (sulfide) groups is 1. The van der Waals surface area contributed by atoms with Gasteiger partial charge in [0.1, 0.15) is 6.04 Å². The lowest BCUT2D eigenvalue weighted by Crippen LogP contribution is -2.52. The molecule has 2 amide bonds. The molecule has 0 saturated carbocycles. The molecular weight excluding hydrogens is 454 g/mol. The monoisotopic (exact) mass is 481 g/mol. The fourth-order valence-electron chi connectivity index (χ4n) is 2.71. The van der Waals surface area contributed by atoms with Crippen LogP contribution in [0.1, 0.15) is 22.3 Å². The van der Waals surface area contributed by atoms with E-state index in [0.717, 1.165) is 5.56 Å². The van der Waals surface area contributed by atoms with Gasteiger partial charge in [-0.25, -0.2) is 8.42 Å². The number of ether oxygens (including phenoxy) is 2. The molecule has 0 spiro atoms. The van der Waals surface area contributed by atoms with E-state index in [1.54, 1.807) is 18.2 Å². The summed E-state index contributed by atoms with van der Waals surface area (Å²) < 4.78 is 38.1. The summed E-state index contributed by atoms with van der Waals surface area (Å²) >= 11 is 1.47. The van der Waals surface area contributed by atoms with Crippen LogP contribution in [-0.4, -0.2) is 52.5 Å². The van der Waals surface area contributed by atoms with Crippen molar-refractivity contribution in [1.82, 2.24) is 15.6 Å². The van der Waals surface area contributed by atoms with Crippen molar-refractivity contribution in [3.8, 4) is 11.5 Å². The largest absolute Gasteiger partial charge is 0.493 e. The molecule has 3 N–H and O–H groups in total. The Morgan fingerprint density at radius 2 is 1.66 bits per heavy atom. The van der Waals surface area contributed by atoms with Crippen LogP contribution < -0.4 is 25.0 Å². The molecule has 0 saturated heterocycles. The average molecular weight is 482 g/mol. The van der Waals surface area contributed by atoms with Crippen molar-refractivity contribution in [1.29, 1.82) is 0 Å². The molecule has 2 aromatic carbocycles. The fraction of sp³-hybridized carbons (Fsp3) is 0.333. The predicted octanol–water partition coefficient (Wildman–Crippen LogP) is 1.87. The number of rotatable bonds is 10. The Labute approximate surface area is 192 Å². The Bertz CT molecular complexity index is 1040. The summed E-state index contributed by atoms with van der Waals surface area (Å²) in [5, 5.41) is 0. The Morgan fingerprint density at radius 1 is 1.00 bits per heavy atom. The van der Waals surface area contributed by atoms with Gasteiger partial charge in [-0.05, 0) is 55.7 Å². The van der Waals surface area contributed by atoms with Crippen LogP contribution >= 0.6 is 11.8 Å². The third-order valence-corrected chi connectivity index (χ3v) is 6.63. The maximum absolute atomic E-state index is 12.7. The summed E-state index contributed by atoms with van der Waals surface area (Å²) in [4.78, 5) is 25.1. The third kappa shape index (κ3) is 6.87. The number of carbonyl (C=O) groups is 2. The topological polar surface area (TPSA) is 123 Å². The number of benzene rings is 2. The van der Waals surface area contributed by atoms with E-state index in [1.165, 1.54) is 50.2 Å². The van der Waals surface area contributed by atoms with Gasteiger partial charge >= 0.3 is 0 Å². The first-order valence-corrected chi connectivity index (χ1v) is 12.5. The Morgan fingerprint density at radius 3 is 2.25 bits per heavy atom. The first kappa shape index (κ1) is 25.5. The first-order chi connectivity index (χ1) is 15.2. The highest BCUT2D eigenvalue weighted by Gasteiger charge is 2.26. The third-order valence-electron chi connectivity index (χ3n) is 4.50. The van der Waals surface area contributed by atoms with Crippen LogP contribution in [0.25, 0.3) is 0 Å². The molecule has 1 unspecified atom stereocenters. The molecule has 0 aliphatic carbocycles. The van der Waals surface area contributed by atoms with Crippen molar-refractivity contribution in [2.24, 2.45) is 0 Å². The fourth-order valence-corrected chi connectivity index (χ4v) is 4.41. The second-order valence-electron chi connectivity index (χ2n) is 6.78. The van der Waals surface area contributed by atoms with Crippen LogP contribution in [0.15, 0.2) is 47.4 Å². The highest BCUT2D eigenvalue weighted by atomic mass is 32.2. The van der Waals surface area contributed by atoms with Crippen LogP contribution in [-0.2, 0) is 14.8 Å². The summed E-state index contributed by atoms with van der Waals surface area (Å²) in [5.41, 5.74) is 5.73. The second-order valence-corrected chi connectivity index (χ2v) is 9.48. The lowest BCUT2D eigenvalue weighted by Gasteiger charge is -2.19. The standard InChI is InChI=1S/C21H27N3O6S2/c1-14-5-8-16(9-6-14)32(27,28)24-17(11-12-31-4)21(26)23-22-20(25)15-7-10-18(29-2)19(13-15)30-3/h5-10,13,17,24H,11-12H2,1-4H3,(H,22,25)(H,23,26). The van der Waals surface area contributed by atoms with Gasteiger partial charge in [0.2, 0.25) is 10.0 Å². The number of nitrogens with one attached hydrogen (secondary N) is 3. The zero-order valence-corrected chi connectivity index (χ0v) is 19.9. The van der Waals surface area contributed by atoms with Gasteiger partial charge < -0.3 is 9.47 Å². The van der Waals surface area contributed by atoms with Gasteiger partial charge in [-0.2, -0.15) is 16.5 Å². The zero-order chi connectivity index (χ0) is 23.7. The van der Waals surface area contributed by atoms with Gasteiger partial charge in [0, 0.05) is 5.56 Å². The van der Waals surface area contributed by atoms with Gasteiger partial charge in [0.05, 0.1) is 19.1 Å². The highest BCUT2D eigenvalue weighted by molar-refractivity contribution is 7.98. The van der Waals surface area contributed by atoms with E-state index in [1.807, 2.05) is 13.2 Å². The quantitative estimate of drug-likeness (QED) is 0.443. The van der Waals surface area contributed by atoms with Crippen molar-refractivity contribution in [2.75, 3.05) is 26.2 Å². The molecule has 1 atom stereocenters. The van der Waals surface area contributed by atoms with Crippen LogP contribution in [0.4, 0.5) is 0 Å². The maximum Gasteiger partial charge on any atom is 0.269 e. The molecule has 0 fully saturated rings. The number of aryl methyl sites for hydroxylation is 1. The smallest absolute Gasteiger partial charge is 0.269 e. The summed E-state index contributed by atoms with van der Waals surface area (Å²) in [6, 6.07) is 9.76. The molecular formula is C21H27N3O6S2. The molecule has 11 heteroatoms. The number of hydrogen-bond acceptors (Lipinski definition) is 7. The Balaban J connectivity index is 2.09. The van der Waals surface area contributed by atoms with Gasteiger partial charge in [0.15, 0.2) is 11.5 Å². The molecule has 0 aromatic heterocycles. The van der Waals surface area contributed by atoms with Crippen molar-refractivity contribution in [2.45, 2.75) is 24.3 Å². The number of carbonyl (C=O) groups excluding carboxylic acids is 2. The zero-order valence-electron chi connectivity index (χ0n) is 18.3. The van der Waals surface area contributed by atoms with Crippen molar-refractivity contribution < 1.29 is 27.5 Å². The predicted molar refractivity (Wildman–Crippen MR) is 123 cm³/mol. The summed E-state index contributed by atoms with van der Waals surface area (Å²) in [5.74, 6) is 0.0804. The van der Waals surface area contributed by atoms with Gasteiger partial charge in [0.25, 0.3) is 11.8 Å². The minimum atomic E-state index is -3.92. The van der Waals surface area contributed by atoms with E-state index < -0.39 is 27.9 Å². The molecule has 0 heterocycles. The van der Waals surface area contributed by atoms with Gasteiger partial charge in [-0.1, -0.05) is 17.7 Å².